The number of rotatable bonds is 5. The Morgan fingerprint density at radius 1 is 1.14 bits per heavy atom. The predicted molar refractivity (Wildman–Crippen MR) is 104 cm³/mol. The number of nitro groups is 1. The number of benzene rings is 2. The van der Waals surface area contributed by atoms with Crippen molar-refractivity contribution in [1.82, 2.24) is 0 Å². The molecular weight excluding hydrogens is 388 g/mol. The molecule has 0 saturated heterocycles. The molecule has 0 fully saturated rings. The van der Waals surface area contributed by atoms with Crippen LogP contribution in [0.25, 0.3) is 0 Å². The van der Waals surface area contributed by atoms with Crippen molar-refractivity contribution in [2.24, 2.45) is 0 Å². The molecule has 0 saturated carbocycles. The first-order valence-corrected chi connectivity index (χ1v) is 8.63. The van der Waals surface area contributed by atoms with E-state index in [4.69, 9.17) is 21.1 Å². The van der Waals surface area contributed by atoms with E-state index in [1.807, 2.05) is 0 Å². The van der Waals surface area contributed by atoms with Crippen molar-refractivity contribution in [3.8, 4) is 0 Å². The molecule has 0 aliphatic carbocycles. The Morgan fingerprint density at radius 2 is 1.79 bits per heavy atom. The van der Waals surface area contributed by atoms with Gasteiger partial charge in [0.1, 0.15) is 12.2 Å². The lowest BCUT2D eigenvalue weighted by Gasteiger charge is -2.19. The summed E-state index contributed by atoms with van der Waals surface area (Å²) in [6, 6.07) is 10.2. The molecule has 1 N–H and O–H groups in total. The molecule has 9 heteroatoms. The Morgan fingerprint density at radius 3 is 2.36 bits per heavy atom. The van der Waals surface area contributed by atoms with Gasteiger partial charge in [0, 0.05) is 16.8 Å². The maximum absolute atomic E-state index is 12.1. The minimum Gasteiger partial charge on any atom is -0.456 e. The van der Waals surface area contributed by atoms with E-state index in [-0.39, 0.29) is 23.4 Å². The van der Waals surface area contributed by atoms with Crippen LogP contribution in [0.15, 0.2) is 42.5 Å². The third-order valence-electron chi connectivity index (χ3n) is 3.37. The maximum atomic E-state index is 12.1. The number of nitro benzene ring substituents is 1. The molecule has 0 aliphatic rings. The molecule has 0 unspecified atom stereocenters. The van der Waals surface area contributed by atoms with Crippen LogP contribution in [-0.4, -0.2) is 22.6 Å². The van der Waals surface area contributed by atoms with Gasteiger partial charge in [-0.2, -0.15) is 0 Å². The van der Waals surface area contributed by atoms with Gasteiger partial charge in [0.15, 0.2) is 0 Å². The summed E-state index contributed by atoms with van der Waals surface area (Å²) < 4.78 is 10.2. The number of hydrogen-bond acceptors (Lipinski definition) is 6. The minimum absolute atomic E-state index is 0.0380. The number of carbonyl (C=O) groups excluding carboxylic acids is 2. The normalized spacial score (nSPS) is 10.9. The van der Waals surface area contributed by atoms with Crippen LogP contribution in [0.3, 0.4) is 0 Å². The number of carbonyl (C=O) groups is 2. The Labute approximate surface area is 166 Å². The number of nitrogens with one attached hydrogen (secondary N) is 1. The van der Waals surface area contributed by atoms with Gasteiger partial charge in [-0.25, -0.2) is 9.59 Å². The van der Waals surface area contributed by atoms with E-state index in [1.54, 1.807) is 45.0 Å². The van der Waals surface area contributed by atoms with Crippen LogP contribution in [-0.2, 0) is 16.1 Å². The second-order valence-electron chi connectivity index (χ2n) is 6.81. The topological polar surface area (TPSA) is 108 Å². The Kier molecular flexibility index (Phi) is 6.58. The minimum atomic E-state index is -0.784. The lowest BCUT2D eigenvalue weighted by Crippen LogP contribution is -2.24. The molecule has 0 radical (unpaired) electrons. The number of ether oxygens (including phenoxy) is 2. The highest BCUT2D eigenvalue weighted by Gasteiger charge is 2.22. The second-order valence-corrected chi connectivity index (χ2v) is 7.25. The van der Waals surface area contributed by atoms with Gasteiger partial charge >= 0.3 is 12.1 Å². The van der Waals surface area contributed by atoms with Crippen LogP contribution in [0.2, 0.25) is 5.02 Å². The lowest BCUT2D eigenvalue weighted by molar-refractivity contribution is -0.385. The highest BCUT2D eigenvalue weighted by atomic mass is 35.5. The van der Waals surface area contributed by atoms with Gasteiger partial charge in [0.05, 0.1) is 16.1 Å². The van der Waals surface area contributed by atoms with Crippen molar-refractivity contribution >= 4 is 35.0 Å². The summed E-state index contributed by atoms with van der Waals surface area (Å²) in [5.74, 6) is -0.677. The zero-order valence-electron chi connectivity index (χ0n) is 15.5. The number of hydrogen-bond donors (Lipinski definition) is 1. The summed E-state index contributed by atoms with van der Waals surface area (Å²) in [5, 5.41) is 14.3. The molecule has 1 amide bonds. The predicted octanol–water partition coefficient (Wildman–Crippen LogP) is 4.95. The SMILES string of the molecule is CC(C)(C)OC(=O)c1ccc(COC(=O)Nc2ccc(Cl)cc2)c([N+](=O)[O-])c1. The van der Waals surface area contributed by atoms with E-state index in [1.165, 1.54) is 12.1 Å². The summed E-state index contributed by atoms with van der Waals surface area (Å²) >= 11 is 5.77. The number of anilines is 1. The van der Waals surface area contributed by atoms with Crippen LogP contribution in [0.1, 0.15) is 36.7 Å². The molecule has 0 spiro atoms. The highest BCUT2D eigenvalue weighted by Crippen LogP contribution is 2.23. The summed E-state index contributed by atoms with van der Waals surface area (Å²) in [6.45, 7) is 4.74. The van der Waals surface area contributed by atoms with Crippen LogP contribution < -0.4 is 5.32 Å². The summed E-state index contributed by atoms with van der Waals surface area (Å²) in [6.07, 6.45) is -0.784. The zero-order chi connectivity index (χ0) is 20.9. The van der Waals surface area contributed by atoms with Crippen molar-refractivity contribution in [3.63, 3.8) is 0 Å². The lowest BCUT2D eigenvalue weighted by atomic mass is 10.1. The fraction of sp³-hybridized carbons (Fsp3) is 0.263. The van der Waals surface area contributed by atoms with E-state index < -0.39 is 22.6 Å². The highest BCUT2D eigenvalue weighted by molar-refractivity contribution is 6.30. The average Bonchev–Trinajstić information content (AvgIpc) is 2.60. The molecule has 2 rings (SSSR count). The third-order valence-corrected chi connectivity index (χ3v) is 3.62. The average molecular weight is 407 g/mol. The van der Waals surface area contributed by atoms with Gasteiger partial charge in [-0.15, -0.1) is 0 Å². The van der Waals surface area contributed by atoms with Gasteiger partial charge in [0.25, 0.3) is 5.69 Å². The molecule has 148 valence electrons. The van der Waals surface area contributed by atoms with Crippen LogP contribution >= 0.6 is 11.6 Å². The number of halogens is 1. The van der Waals surface area contributed by atoms with E-state index in [0.717, 1.165) is 6.07 Å². The van der Waals surface area contributed by atoms with E-state index in [2.05, 4.69) is 5.32 Å². The number of esters is 1. The molecule has 0 aliphatic heterocycles. The first-order chi connectivity index (χ1) is 13.0. The molecule has 28 heavy (non-hydrogen) atoms. The fourth-order valence-corrected chi connectivity index (χ4v) is 2.28. The Bertz CT molecular complexity index is 890. The summed E-state index contributed by atoms with van der Waals surface area (Å²) in [7, 11) is 0. The third kappa shape index (κ3) is 6.24. The molecule has 0 bridgehead atoms. The maximum Gasteiger partial charge on any atom is 0.411 e. The molecule has 0 aromatic heterocycles. The Balaban J connectivity index is 2.08. The first-order valence-electron chi connectivity index (χ1n) is 8.25. The zero-order valence-corrected chi connectivity index (χ0v) is 16.3. The quantitative estimate of drug-likeness (QED) is 0.427. The van der Waals surface area contributed by atoms with E-state index >= 15 is 0 Å². The molecular formula is C19H19ClN2O6. The fourth-order valence-electron chi connectivity index (χ4n) is 2.15. The van der Waals surface area contributed by atoms with Crippen LogP contribution in [0.5, 0.6) is 0 Å². The molecule has 2 aromatic rings. The number of amides is 1. The molecule has 8 nitrogen and oxygen atoms in total. The molecule has 0 heterocycles. The number of nitrogens with zero attached hydrogens (tertiary/aromatic N) is 1. The van der Waals surface area contributed by atoms with Gasteiger partial charge in [-0.3, -0.25) is 15.4 Å². The smallest absolute Gasteiger partial charge is 0.411 e. The van der Waals surface area contributed by atoms with Gasteiger partial charge in [0.2, 0.25) is 0 Å². The Hall–Kier alpha value is -3.13. The van der Waals surface area contributed by atoms with Gasteiger partial charge < -0.3 is 9.47 Å². The van der Waals surface area contributed by atoms with Crippen molar-refractivity contribution < 1.29 is 24.0 Å². The van der Waals surface area contributed by atoms with Crippen LogP contribution in [0.4, 0.5) is 16.2 Å². The van der Waals surface area contributed by atoms with E-state index in [0.29, 0.717) is 10.7 Å². The van der Waals surface area contributed by atoms with Crippen molar-refractivity contribution in [1.29, 1.82) is 0 Å². The van der Waals surface area contributed by atoms with Crippen LogP contribution in [0, 0.1) is 10.1 Å². The van der Waals surface area contributed by atoms with Crippen molar-refractivity contribution in [3.05, 3.63) is 68.7 Å². The summed E-state index contributed by atoms with van der Waals surface area (Å²) in [5.41, 5.74) is -0.431. The first kappa shape index (κ1) is 21.2. The summed E-state index contributed by atoms with van der Waals surface area (Å²) in [4.78, 5) is 34.6. The van der Waals surface area contributed by atoms with Crippen molar-refractivity contribution in [2.45, 2.75) is 33.0 Å². The van der Waals surface area contributed by atoms with Crippen molar-refractivity contribution in [2.75, 3.05) is 5.32 Å². The second kappa shape index (κ2) is 8.71. The van der Waals surface area contributed by atoms with E-state index in [9.17, 15) is 19.7 Å². The standard InChI is InChI=1S/C19H19ClN2O6/c1-19(2,3)28-17(23)12-4-5-13(16(10-12)22(25)26)11-27-18(24)21-15-8-6-14(20)7-9-15/h4-10H,11H2,1-3H3,(H,21,24). The van der Waals surface area contributed by atoms with Gasteiger partial charge in [-0.05, 0) is 57.2 Å². The molecule has 2 aromatic carbocycles. The molecule has 0 atom stereocenters. The monoisotopic (exact) mass is 406 g/mol. The van der Waals surface area contributed by atoms with Gasteiger partial charge in [-0.1, -0.05) is 11.6 Å². The largest absolute Gasteiger partial charge is 0.456 e.